The molecule has 0 amide bonds. The van der Waals surface area contributed by atoms with Gasteiger partial charge >= 0.3 is 12.3 Å². The predicted octanol–water partition coefficient (Wildman–Crippen LogP) is 2.79. The topological polar surface area (TPSA) is 24.1 Å². The molecule has 0 radical (unpaired) electrons. The van der Waals surface area contributed by atoms with Crippen molar-refractivity contribution in [1.29, 1.82) is 0 Å². The fourth-order valence-corrected chi connectivity index (χ4v) is 3.23. The molecule has 1 aliphatic carbocycles. The Morgan fingerprint density at radius 1 is 1.11 bits per heavy atom. The number of rotatable bonds is 5. The van der Waals surface area contributed by atoms with Gasteiger partial charge in [-0.3, -0.25) is 0 Å². The summed E-state index contributed by atoms with van der Waals surface area (Å²) in [7, 11) is 0. The summed E-state index contributed by atoms with van der Waals surface area (Å²) in [4.78, 5) is 0. The van der Waals surface area contributed by atoms with Crippen LogP contribution in [-0.2, 0) is 0 Å². The maximum atomic E-state index is 12.7. The minimum Gasteiger partial charge on any atom is -0.310 e. The third kappa shape index (κ3) is 4.05. The minimum atomic E-state index is -3.93. The summed E-state index contributed by atoms with van der Waals surface area (Å²) >= 11 is 0. The van der Waals surface area contributed by atoms with Gasteiger partial charge in [0, 0.05) is 18.6 Å². The van der Waals surface area contributed by atoms with E-state index in [1.54, 1.807) is 0 Å². The normalized spacial score (nSPS) is 32.4. The largest absolute Gasteiger partial charge is 0.319 e. The summed E-state index contributed by atoms with van der Waals surface area (Å²) in [6.45, 7) is -0.609. The molecule has 2 N–H and O–H groups in total. The Morgan fingerprint density at radius 3 is 2.58 bits per heavy atom. The number of halogens is 4. The molecule has 0 spiro atoms. The van der Waals surface area contributed by atoms with Gasteiger partial charge in [-0.1, -0.05) is 12.8 Å². The summed E-state index contributed by atoms with van der Waals surface area (Å²) in [5.41, 5.74) is 0. The lowest BCUT2D eigenvalue weighted by Gasteiger charge is -2.40. The first kappa shape index (κ1) is 15.0. The molecule has 2 nitrogen and oxygen atoms in total. The van der Waals surface area contributed by atoms with E-state index >= 15 is 0 Å². The summed E-state index contributed by atoms with van der Waals surface area (Å²) in [6, 6.07) is 0.623. The number of fused-ring (bicyclic) bond motifs is 1. The molecular formula is C13H22F4N2. The zero-order valence-electron chi connectivity index (χ0n) is 11.0. The molecule has 1 saturated carbocycles. The quantitative estimate of drug-likeness (QED) is 0.758. The summed E-state index contributed by atoms with van der Waals surface area (Å²) in [6.07, 6.45) is 3.37. The molecule has 0 aromatic carbocycles. The molecule has 0 aromatic heterocycles. The molecular weight excluding hydrogens is 260 g/mol. The first-order valence-corrected chi connectivity index (χ1v) is 7.12. The van der Waals surface area contributed by atoms with Crippen LogP contribution in [-0.4, -0.2) is 37.5 Å². The van der Waals surface area contributed by atoms with Crippen LogP contribution in [0.3, 0.4) is 0 Å². The van der Waals surface area contributed by atoms with Crippen LogP contribution in [0.2, 0.25) is 0 Å². The molecule has 0 bridgehead atoms. The first-order valence-electron chi connectivity index (χ1n) is 7.12. The Hall–Kier alpha value is -0.360. The van der Waals surface area contributed by atoms with Crippen molar-refractivity contribution in [1.82, 2.24) is 10.6 Å². The van der Waals surface area contributed by atoms with Gasteiger partial charge in [0.15, 0.2) is 0 Å². The Bertz CT molecular complexity index is 286. The second-order valence-corrected chi connectivity index (χ2v) is 5.78. The van der Waals surface area contributed by atoms with Crippen molar-refractivity contribution in [3.05, 3.63) is 0 Å². The second kappa shape index (κ2) is 6.39. The van der Waals surface area contributed by atoms with E-state index in [2.05, 4.69) is 10.6 Å². The highest BCUT2D eigenvalue weighted by atomic mass is 19.3. The van der Waals surface area contributed by atoms with Gasteiger partial charge in [-0.15, -0.1) is 0 Å². The third-order valence-corrected chi connectivity index (χ3v) is 4.32. The lowest BCUT2D eigenvalue weighted by Crippen LogP contribution is -2.53. The van der Waals surface area contributed by atoms with E-state index in [-0.39, 0.29) is 6.04 Å². The van der Waals surface area contributed by atoms with Gasteiger partial charge in [0.05, 0.1) is 6.54 Å². The van der Waals surface area contributed by atoms with E-state index in [9.17, 15) is 17.6 Å². The molecule has 112 valence electrons. The molecule has 2 rings (SSSR count). The van der Waals surface area contributed by atoms with E-state index < -0.39 is 18.9 Å². The van der Waals surface area contributed by atoms with Crippen LogP contribution in [0.4, 0.5) is 17.6 Å². The van der Waals surface area contributed by atoms with Crippen molar-refractivity contribution in [3.63, 3.8) is 0 Å². The summed E-state index contributed by atoms with van der Waals surface area (Å²) in [5, 5.41) is 5.96. The van der Waals surface area contributed by atoms with Crippen molar-refractivity contribution in [2.24, 2.45) is 5.92 Å². The standard InChI is InChI=1S/C13H22F4N2/c14-12(15)13(16,17)8-18-7-10-6-5-9-3-1-2-4-11(9)19-10/h9-12,18-19H,1-8H2. The van der Waals surface area contributed by atoms with E-state index in [1.807, 2.05) is 0 Å². The van der Waals surface area contributed by atoms with Gasteiger partial charge in [-0.25, -0.2) is 8.78 Å². The lowest BCUT2D eigenvalue weighted by atomic mass is 9.78. The average Bonchev–Trinajstić information content (AvgIpc) is 2.38. The lowest BCUT2D eigenvalue weighted by molar-refractivity contribution is -0.125. The highest BCUT2D eigenvalue weighted by Gasteiger charge is 2.40. The SMILES string of the molecule is FC(F)C(F)(F)CNCC1CCC2CCCCC2N1. The zero-order valence-corrected chi connectivity index (χ0v) is 11.0. The van der Waals surface area contributed by atoms with Crippen LogP contribution >= 0.6 is 0 Å². The Kier molecular flexibility index (Phi) is 5.06. The molecule has 1 aliphatic heterocycles. The number of alkyl halides is 4. The van der Waals surface area contributed by atoms with Crippen LogP contribution in [0.15, 0.2) is 0 Å². The van der Waals surface area contributed by atoms with Gasteiger partial charge in [0.1, 0.15) is 0 Å². The van der Waals surface area contributed by atoms with Crippen LogP contribution in [0.1, 0.15) is 38.5 Å². The van der Waals surface area contributed by atoms with Gasteiger partial charge in [-0.2, -0.15) is 8.78 Å². The molecule has 3 atom stereocenters. The number of piperidine rings is 1. The summed E-state index contributed by atoms with van der Waals surface area (Å²) < 4.78 is 49.5. The van der Waals surface area contributed by atoms with Crippen molar-refractivity contribution in [3.8, 4) is 0 Å². The fraction of sp³-hybridized carbons (Fsp3) is 1.00. The Balaban J connectivity index is 1.69. The van der Waals surface area contributed by atoms with Crippen LogP contribution in [0.25, 0.3) is 0 Å². The molecule has 19 heavy (non-hydrogen) atoms. The minimum absolute atomic E-state index is 0.132. The highest BCUT2D eigenvalue weighted by molar-refractivity contribution is 4.90. The molecule has 0 aromatic rings. The summed E-state index contributed by atoms with van der Waals surface area (Å²) in [5.74, 6) is -3.21. The number of hydrogen-bond donors (Lipinski definition) is 2. The van der Waals surface area contributed by atoms with Crippen molar-refractivity contribution >= 4 is 0 Å². The fourth-order valence-electron chi connectivity index (χ4n) is 3.23. The first-order chi connectivity index (χ1) is 8.99. The van der Waals surface area contributed by atoms with Crippen molar-refractivity contribution in [2.75, 3.05) is 13.1 Å². The maximum Gasteiger partial charge on any atom is 0.319 e. The van der Waals surface area contributed by atoms with Gasteiger partial charge < -0.3 is 10.6 Å². The van der Waals surface area contributed by atoms with Crippen molar-refractivity contribution in [2.45, 2.75) is 63.0 Å². The third-order valence-electron chi connectivity index (χ3n) is 4.32. The predicted molar refractivity (Wildman–Crippen MR) is 65.7 cm³/mol. The van der Waals surface area contributed by atoms with Gasteiger partial charge in [0.2, 0.25) is 0 Å². The molecule has 6 heteroatoms. The van der Waals surface area contributed by atoms with E-state index in [4.69, 9.17) is 0 Å². The Labute approximate surface area is 111 Å². The number of nitrogens with one attached hydrogen (secondary N) is 2. The van der Waals surface area contributed by atoms with Crippen LogP contribution < -0.4 is 10.6 Å². The molecule has 1 heterocycles. The highest BCUT2D eigenvalue weighted by Crippen LogP contribution is 2.32. The van der Waals surface area contributed by atoms with E-state index in [0.717, 1.165) is 19.3 Å². The van der Waals surface area contributed by atoms with Gasteiger partial charge in [0.25, 0.3) is 0 Å². The van der Waals surface area contributed by atoms with Crippen molar-refractivity contribution < 1.29 is 17.6 Å². The molecule has 1 saturated heterocycles. The monoisotopic (exact) mass is 282 g/mol. The molecule has 2 fully saturated rings. The van der Waals surface area contributed by atoms with E-state index in [0.29, 0.717) is 18.5 Å². The second-order valence-electron chi connectivity index (χ2n) is 5.78. The van der Waals surface area contributed by atoms with E-state index in [1.165, 1.54) is 19.3 Å². The average molecular weight is 282 g/mol. The number of hydrogen-bond acceptors (Lipinski definition) is 2. The van der Waals surface area contributed by atoms with Gasteiger partial charge in [-0.05, 0) is 31.6 Å². The maximum absolute atomic E-state index is 12.7. The Morgan fingerprint density at radius 2 is 1.84 bits per heavy atom. The zero-order chi connectivity index (χ0) is 13.9. The molecule has 2 aliphatic rings. The smallest absolute Gasteiger partial charge is 0.310 e. The van der Waals surface area contributed by atoms with Crippen LogP contribution in [0.5, 0.6) is 0 Å². The van der Waals surface area contributed by atoms with Crippen LogP contribution in [0, 0.1) is 5.92 Å². The molecule has 3 unspecified atom stereocenters.